The molecular weight excluding hydrogens is 254 g/mol. The predicted molar refractivity (Wildman–Crippen MR) is 66.5 cm³/mol. The quantitative estimate of drug-likeness (QED) is 0.820. The molecule has 1 aromatic heterocycles. The van der Waals surface area contributed by atoms with Crippen LogP contribution < -0.4 is 5.32 Å². The molecule has 2 aromatic rings. The van der Waals surface area contributed by atoms with E-state index in [1.807, 2.05) is 6.07 Å². The lowest BCUT2D eigenvalue weighted by Crippen LogP contribution is -2.14. The van der Waals surface area contributed by atoms with Crippen LogP contribution in [-0.2, 0) is 4.79 Å². The van der Waals surface area contributed by atoms with Gasteiger partial charge in [0.05, 0.1) is 5.75 Å². The van der Waals surface area contributed by atoms with Gasteiger partial charge in [-0.15, -0.1) is 16.9 Å². The van der Waals surface area contributed by atoms with Gasteiger partial charge < -0.3 is 9.52 Å². The highest BCUT2D eigenvalue weighted by molar-refractivity contribution is 8.00. The van der Waals surface area contributed by atoms with Crippen LogP contribution in [0.5, 0.6) is 5.75 Å². The molecule has 0 atom stereocenters. The van der Waals surface area contributed by atoms with Gasteiger partial charge in [0.25, 0.3) is 0 Å². The minimum Gasteiger partial charge on any atom is -0.508 e. The SMILES string of the molecule is Cc1nnc(NC(=O)CSc2cccc(O)c2)o1. The van der Waals surface area contributed by atoms with Crippen LogP contribution in [0.2, 0.25) is 0 Å². The van der Waals surface area contributed by atoms with Gasteiger partial charge in [-0.1, -0.05) is 11.2 Å². The number of phenolic OH excluding ortho intramolecular Hbond substituents is 1. The number of hydrogen-bond donors (Lipinski definition) is 2. The molecule has 2 rings (SSSR count). The number of aromatic hydroxyl groups is 1. The topological polar surface area (TPSA) is 88.2 Å². The fraction of sp³-hybridized carbons (Fsp3) is 0.182. The molecule has 1 heterocycles. The van der Waals surface area contributed by atoms with E-state index in [-0.39, 0.29) is 23.4 Å². The molecule has 1 amide bonds. The Bertz CT molecular complexity index is 556. The molecule has 0 aliphatic heterocycles. The summed E-state index contributed by atoms with van der Waals surface area (Å²) in [5, 5.41) is 19.0. The maximum Gasteiger partial charge on any atom is 0.322 e. The van der Waals surface area contributed by atoms with Crippen molar-refractivity contribution in [2.75, 3.05) is 11.1 Å². The summed E-state index contributed by atoms with van der Waals surface area (Å²) in [6.45, 7) is 1.64. The van der Waals surface area contributed by atoms with Crippen molar-refractivity contribution in [2.24, 2.45) is 0 Å². The molecule has 0 unspecified atom stereocenters. The van der Waals surface area contributed by atoms with Gasteiger partial charge in [-0.2, -0.15) is 0 Å². The van der Waals surface area contributed by atoms with E-state index in [0.717, 1.165) is 4.90 Å². The number of benzene rings is 1. The van der Waals surface area contributed by atoms with E-state index in [2.05, 4.69) is 15.5 Å². The maximum absolute atomic E-state index is 11.6. The van der Waals surface area contributed by atoms with E-state index >= 15 is 0 Å². The monoisotopic (exact) mass is 265 g/mol. The van der Waals surface area contributed by atoms with E-state index in [9.17, 15) is 9.90 Å². The summed E-state index contributed by atoms with van der Waals surface area (Å²) in [4.78, 5) is 12.4. The van der Waals surface area contributed by atoms with Crippen molar-refractivity contribution >= 4 is 23.7 Å². The van der Waals surface area contributed by atoms with E-state index < -0.39 is 0 Å². The summed E-state index contributed by atoms with van der Waals surface area (Å²) >= 11 is 1.31. The normalized spacial score (nSPS) is 10.3. The minimum absolute atomic E-state index is 0.0917. The van der Waals surface area contributed by atoms with Gasteiger partial charge in [0.1, 0.15) is 5.75 Å². The third kappa shape index (κ3) is 3.49. The Labute approximate surface area is 107 Å². The molecule has 0 saturated heterocycles. The largest absolute Gasteiger partial charge is 0.508 e. The van der Waals surface area contributed by atoms with Gasteiger partial charge in [-0.05, 0) is 18.2 Å². The average Bonchev–Trinajstić information content (AvgIpc) is 2.72. The fourth-order valence-electron chi connectivity index (χ4n) is 1.22. The van der Waals surface area contributed by atoms with Crippen LogP contribution in [0.1, 0.15) is 5.89 Å². The Balaban J connectivity index is 1.85. The van der Waals surface area contributed by atoms with Crippen LogP contribution in [0.25, 0.3) is 0 Å². The van der Waals surface area contributed by atoms with Gasteiger partial charge in [0, 0.05) is 11.8 Å². The highest BCUT2D eigenvalue weighted by Gasteiger charge is 2.08. The van der Waals surface area contributed by atoms with Crippen LogP contribution in [0, 0.1) is 6.92 Å². The molecule has 0 aliphatic rings. The second-order valence-corrected chi connectivity index (χ2v) is 4.51. The number of nitrogens with zero attached hydrogens (tertiary/aromatic N) is 2. The molecule has 7 heteroatoms. The predicted octanol–water partition coefficient (Wildman–Crippen LogP) is 1.81. The molecule has 18 heavy (non-hydrogen) atoms. The molecular formula is C11H11N3O3S. The van der Waals surface area contributed by atoms with Crippen LogP contribution in [0.3, 0.4) is 0 Å². The van der Waals surface area contributed by atoms with Crippen molar-refractivity contribution in [1.82, 2.24) is 10.2 Å². The fourth-order valence-corrected chi connectivity index (χ4v) is 1.97. The zero-order valence-corrected chi connectivity index (χ0v) is 10.4. The lowest BCUT2D eigenvalue weighted by Gasteiger charge is -2.01. The maximum atomic E-state index is 11.6. The molecule has 2 N–H and O–H groups in total. The third-order valence-electron chi connectivity index (χ3n) is 1.96. The molecule has 0 aliphatic carbocycles. The van der Waals surface area contributed by atoms with Crippen LogP contribution in [0.4, 0.5) is 6.01 Å². The lowest BCUT2D eigenvalue weighted by molar-refractivity contribution is -0.113. The number of amides is 1. The first kappa shape index (κ1) is 12.4. The molecule has 0 saturated carbocycles. The van der Waals surface area contributed by atoms with Crippen molar-refractivity contribution in [3.63, 3.8) is 0 Å². The number of nitrogens with one attached hydrogen (secondary N) is 1. The number of hydrogen-bond acceptors (Lipinski definition) is 6. The average molecular weight is 265 g/mol. The zero-order valence-electron chi connectivity index (χ0n) is 9.58. The number of carbonyl (C=O) groups excluding carboxylic acids is 1. The number of carbonyl (C=O) groups is 1. The third-order valence-corrected chi connectivity index (χ3v) is 2.95. The first-order valence-corrected chi connectivity index (χ1v) is 6.14. The van der Waals surface area contributed by atoms with Crippen LogP contribution in [0.15, 0.2) is 33.6 Å². The van der Waals surface area contributed by atoms with E-state index in [4.69, 9.17) is 4.42 Å². The summed E-state index contributed by atoms with van der Waals surface area (Å²) < 4.78 is 5.02. The second kappa shape index (κ2) is 5.54. The standard InChI is InChI=1S/C11H11N3O3S/c1-7-13-14-11(17-7)12-10(16)6-18-9-4-2-3-8(15)5-9/h2-5,15H,6H2,1H3,(H,12,14,16). The van der Waals surface area contributed by atoms with Crippen molar-refractivity contribution < 1.29 is 14.3 Å². The zero-order chi connectivity index (χ0) is 13.0. The number of phenols is 1. The van der Waals surface area contributed by atoms with Crippen LogP contribution >= 0.6 is 11.8 Å². The Morgan fingerprint density at radius 3 is 3.00 bits per heavy atom. The van der Waals surface area contributed by atoms with Gasteiger partial charge in [-0.3, -0.25) is 10.1 Å². The number of aryl methyl sites for hydroxylation is 1. The number of rotatable bonds is 4. The second-order valence-electron chi connectivity index (χ2n) is 3.46. The van der Waals surface area contributed by atoms with Gasteiger partial charge in [-0.25, -0.2) is 0 Å². The molecule has 0 bridgehead atoms. The van der Waals surface area contributed by atoms with Crippen molar-refractivity contribution in [3.05, 3.63) is 30.2 Å². The summed E-state index contributed by atoms with van der Waals surface area (Å²) in [5.41, 5.74) is 0. The van der Waals surface area contributed by atoms with E-state index in [1.54, 1.807) is 25.1 Å². The van der Waals surface area contributed by atoms with E-state index in [1.165, 1.54) is 11.8 Å². The molecule has 0 radical (unpaired) electrons. The van der Waals surface area contributed by atoms with Crippen molar-refractivity contribution in [1.29, 1.82) is 0 Å². The molecule has 94 valence electrons. The molecule has 1 aromatic carbocycles. The number of aromatic nitrogens is 2. The Hall–Kier alpha value is -2.02. The highest BCUT2D eigenvalue weighted by Crippen LogP contribution is 2.22. The smallest absolute Gasteiger partial charge is 0.322 e. The van der Waals surface area contributed by atoms with Gasteiger partial charge in [0.15, 0.2) is 0 Å². The van der Waals surface area contributed by atoms with E-state index in [0.29, 0.717) is 5.89 Å². The molecule has 0 spiro atoms. The summed E-state index contributed by atoms with van der Waals surface area (Å²) in [6.07, 6.45) is 0. The Kier molecular flexibility index (Phi) is 3.83. The number of thioether (sulfide) groups is 1. The first-order valence-electron chi connectivity index (χ1n) is 5.15. The summed E-state index contributed by atoms with van der Waals surface area (Å²) in [5.74, 6) is 0.524. The van der Waals surface area contributed by atoms with Gasteiger partial charge >= 0.3 is 6.01 Å². The summed E-state index contributed by atoms with van der Waals surface area (Å²) in [6, 6.07) is 6.79. The Morgan fingerprint density at radius 2 is 2.33 bits per heavy atom. The van der Waals surface area contributed by atoms with Gasteiger partial charge in [0.2, 0.25) is 11.8 Å². The summed E-state index contributed by atoms with van der Waals surface area (Å²) in [7, 11) is 0. The Morgan fingerprint density at radius 1 is 1.50 bits per heavy atom. The first-order chi connectivity index (χ1) is 8.63. The minimum atomic E-state index is -0.244. The number of anilines is 1. The van der Waals surface area contributed by atoms with Crippen molar-refractivity contribution in [2.45, 2.75) is 11.8 Å². The molecule has 0 fully saturated rings. The lowest BCUT2D eigenvalue weighted by atomic mass is 10.3. The van der Waals surface area contributed by atoms with Crippen molar-refractivity contribution in [3.8, 4) is 5.75 Å². The highest BCUT2D eigenvalue weighted by atomic mass is 32.2. The molecule has 6 nitrogen and oxygen atoms in total. The van der Waals surface area contributed by atoms with Crippen LogP contribution in [-0.4, -0.2) is 27.0 Å².